The smallest absolute Gasteiger partial charge is 0.123 e. The maximum absolute atomic E-state index is 13.3. The van der Waals surface area contributed by atoms with Crippen LogP contribution in [0.25, 0.3) is 0 Å². The van der Waals surface area contributed by atoms with Crippen molar-refractivity contribution < 1.29 is 9.13 Å². The molecule has 0 unspecified atom stereocenters. The average molecular weight is 221 g/mol. The third-order valence-electron chi connectivity index (χ3n) is 3.55. The molecule has 1 aliphatic carbocycles. The number of benzene rings is 1. The quantitative estimate of drug-likeness (QED) is 0.725. The molecule has 1 aromatic rings. The summed E-state index contributed by atoms with van der Waals surface area (Å²) in [5, 5.41) is 3.47. The minimum Gasteiger partial charge on any atom is -0.371 e. The second-order valence-electron chi connectivity index (χ2n) is 4.59. The highest BCUT2D eigenvalue weighted by Gasteiger charge is 2.30. The van der Waals surface area contributed by atoms with E-state index in [0.717, 1.165) is 38.0 Å². The van der Waals surface area contributed by atoms with Gasteiger partial charge in [-0.1, -0.05) is 6.07 Å². The topological polar surface area (TPSA) is 21.3 Å². The first-order valence-electron chi connectivity index (χ1n) is 5.98. The van der Waals surface area contributed by atoms with Crippen molar-refractivity contribution in [3.05, 3.63) is 35.1 Å². The molecule has 2 atom stereocenters. The van der Waals surface area contributed by atoms with E-state index in [1.807, 2.05) is 6.07 Å². The molecule has 1 heterocycles. The molecule has 3 heteroatoms. The third kappa shape index (κ3) is 1.74. The number of nitrogens with one attached hydrogen (secondary N) is 1. The third-order valence-corrected chi connectivity index (χ3v) is 3.55. The van der Waals surface area contributed by atoms with Crippen LogP contribution in [-0.4, -0.2) is 19.2 Å². The number of hydrogen-bond donors (Lipinski definition) is 1. The van der Waals surface area contributed by atoms with E-state index in [1.54, 1.807) is 12.1 Å². The van der Waals surface area contributed by atoms with Crippen LogP contribution in [0.4, 0.5) is 4.39 Å². The number of aryl methyl sites for hydroxylation is 1. The van der Waals surface area contributed by atoms with Crippen LogP contribution >= 0.6 is 0 Å². The van der Waals surface area contributed by atoms with Gasteiger partial charge in [0.15, 0.2) is 0 Å². The molecule has 3 rings (SSSR count). The first-order valence-corrected chi connectivity index (χ1v) is 5.98. The van der Waals surface area contributed by atoms with Gasteiger partial charge >= 0.3 is 0 Å². The SMILES string of the molecule is Fc1ccc2c(c1)[C@@H]1OCCN[C@H]1CCC2. The van der Waals surface area contributed by atoms with Crippen LogP contribution < -0.4 is 5.32 Å². The normalized spacial score (nSPS) is 29.1. The van der Waals surface area contributed by atoms with E-state index in [2.05, 4.69) is 5.32 Å². The summed E-state index contributed by atoms with van der Waals surface area (Å²) in [7, 11) is 0. The van der Waals surface area contributed by atoms with Crippen molar-refractivity contribution in [1.82, 2.24) is 5.32 Å². The van der Waals surface area contributed by atoms with E-state index in [0.29, 0.717) is 6.04 Å². The minimum atomic E-state index is -0.159. The predicted molar refractivity (Wildman–Crippen MR) is 59.8 cm³/mol. The standard InChI is InChI=1S/C13H16FNO/c14-10-5-4-9-2-1-3-12-13(11(9)8-10)16-7-6-15-12/h4-5,8,12-13,15H,1-3,6-7H2/t12-,13-/m0/s1. The zero-order valence-corrected chi connectivity index (χ0v) is 9.21. The summed E-state index contributed by atoms with van der Waals surface area (Å²) in [6.07, 6.45) is 3.34. The maximum Gasteiger partial charge on any atom is 0.123 e. The molecule has 1 aliphatic heterocycles. The van der Waals surface area contributed by atoms with Crippen LogP contribution in [0.3, 0.4) is 0 Å². The van der Waals surface area contributed by atoms with Gasteiger partial charge in [0, 0.05) is 12.6 Å². The van der Waals surface area contributed by atoms with Crippen LogP contribution in [0, 0.1) is 5.82 Å². The molecule has 0 amide bonds. The van der Waals surface area contributed by atoms with E-state index in [4.69, 9.17) is 4.74 Å². The molecule has 0 spiro atoms. The Kier molecular flexibility index (Phi) is 2.65. The number of morpholine rings is 1. The van der Waals surface area contributed by atoms with E-state index < -0.39 is 0 Å². The van der Waals surface area contributed by atoms with Crippen molar-refractivity contribution in [3.8, 4) is 0 Å². The van der Waals surface area contributed by atoms with Gasteiger partial charge in [-0.3, -0.25) is 0 Å². The number of hydrogen-bond acceptors (Lipinski definition) is 2. The summed E-state index contributed by atoms with van der Waals surface area (Å²) < 4.78 is 19.1. The molecule has 2 aliphatic rings. The lowest BCUT2D eigenvalue weighted by Gasteiger charge is -2.32. The van der Waals surface area contributed by atoms with E-state index in [-0.39, 0.29) is 11.9 Å². The van der Waals surface area contributed by atoms with Crippen molar-refractivity contribution in [2.75, 3.05) is 13.2 Å². The lowest BCUT2D eigenvalue weighted by molar-refractivity contribution is -0.00660. The van der Waals surface area contributed by atoms with Gasteiger partial charge in [0.1, 0.15) is 5.82 Å². The van der Waals surface area contributed by atoms with Crippen LogP contribution in [0.5, 0.6) is 0 Å². The Morgan fingerprint density at radius 1 is 1.38 bits per heavy atom. The summed E-state index contributed by atoms with van der Waals surface area (Å²) in [5.74, 6) is -0.159. The number of ether oxygens (including phenoxy) is 1. The Balaban J connectivity index is 2.02. The number of fused-ring (bicyclic) bond motifs is 3. The minimum absolute atomic E-state index is 0.0435. The lowest BCUT2D eigenvalue weighted by Crippen LogP contribution is -2.43. The number of halogens is 1. The van der Waals surface area contributed by atoms with E-state index in [1.165, 1.54) is 5.56 Å². The molecule has 1 N–H and O–H groups in total. The first kappa shape index (κ1) is 10.2. The summed E-state index contributed by atoms with van der Waals surface area (Å²) in [6, 6.07) is 5.46. The first-order chi connectivity index (χ1) is 7.84. The second kappa shape index (κ2) is 4.15. The summed E-state index contributed by atoms with van der Waals surface area (Å²) >= 11 is 0. The molecule has 0 bridgehead atoms. The number of rotatable bonds is 0. The summed E-state index contributed by atoms with van der Waals surface area (Å²) in [6.45, 7) is 1.63. The molecule has 0 aromatic heterocycles. The van der Waals surface area contributed by atoms with Crippen LogP contribution in [0.15, 0.2) is 18.2 Å². The highest BCUT2D eigenvalue weighted by molar-refractivity contribution is 5.32. The van der Waals surface area contributed by atoms with Crippen molar-refractivity contribution in [2.45, 2.75) is 31.4 Å². The molecule has 0 saturated carbocycles. The van der Waals surface area contributed by atoms with Gasteiger partial charge in [-0.25, -0.2) is 4.39 Å². The molecule has 0 radical (unpaired) electrons. The Bertz CT molecular complexity index is 394. The highest BCUT2D eigenvalue weighted by atomic mass is 19.1. The average Bonchev–Trinajstić information content (AvgIpc) is 2.48. The van der Waals surface area contributed by atoms with E-state index in [9.17, 15) is 4.39 Å². The Hall–Kier alpha value is -0.930. The van der Waals surface area contributed by atoms with Crippen LogP contribution in [0.1, 0.15) is 30.1 Å². The Morgan fingerprint density at radius 2 is 2.31 bits per heavy atom. The molecule has 1 fully saturated rings. The monoisotopic (exact) mass is 221 g/mol. The summed E-state index contributed by atoms with van der Waals surface area (Å²) in [4.78, 5) is 0. The van der Waals surface area contributed by atoms with Gasteiger partial charge in [0.2, 0.25) is 0 Å². The van der Waals surface area contributed by atoms with Crippen molar-refractivity contribution in [1.29, 1.82) is 0 Å². The fourth-order valence-electron chi connectivity index (χ4n) is 2.78. The fraction of sp³-hybridized carbons (Fsp3) is 0.538. The molecule has 16 heavy (non-hydrogen) atoms. The second-order valence-corrected chi connectivity index (χ2v) is 4.59. The van der Waals surface area contributed by atoms with Crippen LogP contribution in [-0.2, 0) is 11.2 Å². The highest BCUT2D eigenvalue weighted by Crippen LogP contribution is 2.33. The molecule has 1 saturated heterocycles. The molecular weight excluding hydrogens is 205 g/mol. The predicted octanol–water partition coefficient (Wildman–Crippen LogP) is 2.19. The largest absolute Gasteiger partial charge is 0.371 e. The maximum atomic E-state index is 13.3. The Morgan fingerprint density at radius 3 is 3.25 bits per heavy atom. The van der Waals surface area contributed by atoms with Crippen molar-refractivity contribution in [2.24, 2.45) is 0 Å². The van der Waals surface area contributed by atoms with Gasteiger partial charge in [0.05, 0.1) is 12.7 Å². The molecule has 1 aromatic carbocycles. The van der Waals surface area contributed by atoms with Crippen molar-refractivity contribution in [3.63, 3.8) is 0 Å². The molecular formula is C13H16FNO. The van der Waals surface area contributed by atoms with Gasteiger partial charge < -0.3 is 10.1 Å². The Labute approximate surface area is 94.8 Å². The zero-order chi connectivity index (χ0) is 11.0. The molecule has 2 nitrogen and oxygen atoms in total. The van der Waals surface area contributed by atoms with Crippen molar-refractivity contribution >= 4 is 0 Å². The van der Waals surface area contributed by atoms with Gasteiger partial charge in [-0.2, -0.15) is 0 Å². The van der Waals surface area contributed by atoms with Crippen LogP contribution in [0.2, 0.25) is 0 Å². The van der Waals surface area contributed by atoms with Gasteiger partial charge in [-0.05, 0) is 42.5 Å². The zero-order valence-electron chi connectivity index (χ0n) is 9.21. The van der Waals surface area contributed by atoms with Gasteiger partial charge in [-0.15, -0.1) is 0 Å². The summed E-state index contributed by atoms with van der Waals surface area (Å²) in [5.41, 5.74) is 2.30. The lowest BCUT2D eigenvalue weighted by atomic mass is 9.97. The molecule has 86 valence electrons. The van der Waals surface area contributed by atoms with Gasteiger partial charge in [0.25, 0.3) is 0 Å². The van der Waals surface area contributed by atoms with E-state index >= 15 is 0 Å². The fourth-order valence-corrected chi connectivity index (χ4v) is 2.78.